The molecule has 6 heteroatoms. The van der Waals surface area contributed by atoms with E-state index in [-0.39, 0.29) is 18.3 Å². The number of hydrogen-bond donors (Lipinski definition) is 1. The molecule has 3 nitrogen and oxygen atoms in total. The van der Waals surface area contributed by atoms with Gasteiger partial charge in [-0.3, -0.25) is 4.79 Å². The second-order valence-corrected chi connectivity index (χ2v) is 7.10. The van der Waals surface area contributed by atoms with Gasteiger partial charge in [-0.1, -0.05) is 18.2 Å². The van der Waals surface area contributed by atoms with Crippen LogP contribution in [0.25, 0.3) is 19.5 Å². The van der Waals surface area contributed by atoms with Crippen molar-refractivity contribution in [1.82, 2.24) is 10.2 Å². The average molecular weight is 341 g/mol. The lowest BCUT2D eigenvalue weighted by Crippen LogP contribution is -2.30. The molecule has 3 aromatic rings. The Morgan fingerprint density at radius 3 is 2.71 bits per heavy atom. The van der Waals surface area contributed by atoms with Crippen LogP contribution in [0.15, 0.2) is 30.3 Å². The molecule has 2 heterocycles. The number of nitrogens with zero attached hydrogens (tertiary/aromatic N) is 1. The molecule has 0 atom stereocenters. The zero-order chi connectivity index (χ0) is 14.1. The lowest BCUT2D eigenvalue weighted by atomic mass is 10.2. The molecule has 1 aromatic carbocycles. The summed E-state index contributed by atoms with van der Waals surface area (Å²) in [6.45, 7) is 1.53. The second kappa shape index (κ2) is 6.75. The van der Waals surface area contributed by atoms with Gasteiger partial charge in [-0.05, 0) is 26.2 Å². The maximum Gasteiger partial charge on any atom is 0.261 e. The van der Waals surface area contributed by atoms with Crippen molar-refractivity contribution in [2.75, 3.05) is 27.2 Å². The third kappa shape index (κ3) is 3.37. The van der Waals surface area contributed by atoms with Crippen molar-refractivity contribution < 1.29 is 4.79 Å². The van der Waals surface area contributed by atoms with Crippen molar-refractivity contribution in [3.05, 3.63) is 35.2 Å². The van der Waals surface area contributed by atoms with E-state index in [2.05, 4.69) is 28.4 Å². The number of halogens is 1. The highest BCUT2D eigenvalue weighted by atomic mass is 35.5. The lowest BCUT2D eigenvalue weighted by molar-refractivity contribution is 0.0955. The quantitative estimate of drug-likeness (QED) is 0.782. The highest BCUT2D eigenvalue weighted by Gasteiger charge is 2.13. The van der Waals surface area contributed by atoms with Gasteiger partial charge < -0.3 is 10.2 Å². The number of amides is 1. The van der Waals surface area contributed by atoms with E-state index in [0.29, 0.717) is 6.54 Å². The molecule has 1 amide bonds. The summed E-state index contributed by atoms with van der Waals surface area (Å²) in [6, 6.07) is 10.4. The Bertz CT molecular complexity index is 763. The SMILES string of the molecule is CN(C)CCNC(=O)c1cc2sc3ccccc3c2s1.Cl. The molecule has 0 unspecified atom stereocenters. The van der Waals surface area contributed by atoms with Crippen LogP contribution in [0.5, 0.6) is 0 Å². The minimum absolute atomic E-state index is 0. The van der Waals surface area contributed by atoms with E-state index < -0.39 is 0 Å². The Hall–Kier alpha value is -1.14. The van der Waals surface area contributed by atoms with Gasteiger partial charge in [-0.15, -0.1) is 35.1 Å². The molecule has 21 heavy (non-hydrogen) atoms. The van der Waals surface area contributed by atoms with E-state index in [9.17, 15) is 4.79 Å². The Labute approximate surface area is 138 Å². The molecule has 0 aliphatic rings. The zero-order valence-corrected chi connectivity index (χ0v) is 14.3. The molecule has 0 spiro atoms. The third-order valence-corrected chi connectivity index (χ3v) is 5.53. The van der Waals surface area contributed by atoms with Crippen molar-refractivity contribution in [2.45, 2.75) is 0 Å². The number of carbonyl (C=O) groups excluding carboxylic acids is 1. The fraction of sp³-hybridized carbons (Fsp3) is 0.267. The Morgan fingerprint density at radius 2 is 1.95 bits per heavy atom. The molecule has 0 radical (unpaired) electrons. The third-order valence-electron chi connectivity index (χ3n) is 3.12. The van der Waals surface area contributed by atoms with E-state index >= 15 is 0 Å². The summed E-state index contributed by atoms with van der Waals surface area (Å²) in [5.74, 6) is 0.0318. The highest BCUT2D eigenvalue weighted by molar-refractivity contribution is 7.33. The molecule has 0 bridgehead atoms. The number of likely N-dealkylation sites (N-methyl/N-ethyl adjacent to an activating group) is 1. The van der Waals surface area contributed by atoms with Gasteiger partial charge in [0.05, 0.1) is 9.58 Å². The number of fused-ring (bicyclic) bond motifs is 3. The molecule has 0 saturated heterocycles. The summed E-state index contributed by atoms with van der Waals surface area (Å²) >= 11 is 3.34. The zero-order valence-electron chi connectivity index (χ0n) is 11.9. The van der Waals surface area contributed by atoms with E-state index in [1.54, 1.807) is 22.7 Å². The molecule has 2 aromatic heterocycles. The van der Waals surface area contributed by atoms with Crippen LogP contribution in [0.4, 0.5) is 0 Å². The van der Waals surface area contributed by atoms with Gasteiger partial charge in [0.25, 0.3) is 5.91 Å². The fourth-order valence-electron chi connectivity index (χ4n) is 2.09. The van der Waals surface area contributed by atoms with Gasteiger partial charge in [0.1, 0.15) is 0 Å². The smallest absolute Gasteiger partial charge is 0.261 e. The van der Waals surface area contributed by atoms with Gasteiger partial charge in [0.15, 0.2) is 0 Å². The minimum Gasteiger partial charge on any atom is -0.350 e. The van der Waals surface area contributed by atoms with Gasteiger partial charge in [-0.25, -0.2) is 0 Å². The van der Waals surface area contributed by atoms with Crippen molar-refractivity contribution in [2.24, 2.45) is 0 Å². The van der Waals surface area contributed by atoms with Crippen molar-refractivity contribution >= 4 is 60.5 Å². The van der Waals surface area contributed by atoms with E-state index in [4.69, 9.17) is 0 Å². The summed E-state index contributed by atoms with van der Waals surface area (Å²) in [4.78, 5) is 15.0. The van der Waals surface area contributed by atoms with Gasteiger partial charge in [0, 0.05) is 27.9 Å². The first-order valence-electron chi connectivity index (χ1n) is 6.49. The fourth-order valence-corrected chi connectivity index (χ4v) is 4.53. The van der Waals surface area contributed by atoms with Crippen LogP contribution in [0, 0.1) is 0 Å². The molecule has 0 saturated carbocycles. The molecule has 0 aliphatic heterocycles. The Balaban J connectivity index is 0.00000161. The first-order chi connectivity index (χ1) is 9.65. The Kier molecular flexibility index (Phi) is 5.22. The summed E-state index contributed by atoms with van der Waals surface area (Å²) in [5.41, 5.74) is 0. The minimum atomic E-state index is 0. The number of benzene rings is 1. The summed E-state index contributed by atoms with van der Waals surface area (Å²) in [5, 5.41) is 4.22. The van der Waals surface area contributed by atoms with Crippen LogP contribution in [-0.4, -0.2) is 38.0 Å². The standard InChI is InChI=1S/C15H16N2OS2.ClH/c1-17(2)8-7-16-15(18)13-9-12-14(20-13)10-5-3-4-6-11(10)19-12;/h3-6,9H,7-8H2,1-2H3,(H,16,18);1H. The molecular formula is C15H17ClN2OS2. The average Bonchev–Trinajstić information content (AvgIpc) is 2.95. The van der Waals surface area contributed by atoms with Gasteiger partial charge >= 0.3 is 0 Å². The van der Waals surface area contributed by atoms with Crippen molar-refractivity contribution in [1.29, 1.82) is 0 Å². The first kappa shape index (κ1) is 16.2. The normalized spacial score (nSPS) is 11.0. The maximum absolute atomic E-state index is 12.1. The number of carbonyl (C=O) groups is 1. The number of rotatable bonds is 4. The van der Waals surface area contributed by atoms with Crippen molar-refractivity contribution in [3.8, 4) is 0 Å². The molecule has 0 fully saturated rings. The van der Waals surface area contributed by atoms with Crippen LogP contribution in [-0.2, 0) is 0 Å². The number of thiophene rings is 2. The molecule has 0 aliphatic carbocycles. The molecule has 3 rings (SSSR count). The summed E-state index contributed by atoms with van der Waals surface area (Å²) < 4.78 is 3.71. The van der Waals surface area contributed by atoms with Gasteiger partial charge in [0.2, 0.25) is 0 Å². The second-order valence-electron chi connectivity index (χ2n) is 4.96. The summed E-state index contributed by atoms with van der Waals surface area (Å²) in [6.07, 6.45) is 0. The molecular weight excluding hydrogens is 324 g/mol. The predicted octanol–water partition coefficient (Wildman–Crippen LogP) is 3.83. The topological polar surface area (TPSA) is 32.3 Å². The van der Waals surface area contributed by atoms with Crippen LogP contribution in [0.1, 0.15) is 9.67 Å². The van der Waals surface area contributed by atoms with E-state index in [1.165, 1.54) is 19.5 Å². The van der Waals surface area contributed by atoms with Gasteiger partial charge in [-0.2, -0.15) is 0 Å². The highest BCUT2D eigenvalue weighted by Crippen LogP contribution is 2.39. The Morgan fingerprint density at radius 1 is 1.19 bits per heavy atom. The monoisotopic (exact) mass is 340 g/mol. The molecule has 1 N–H and O–H groups in total. The summed E-state index contributed by atoms with van der Waals surface area (Å²) in [7, 11) is 4.00. The van der Waals surface area contributed by atoms with Crippen molar-refractivity contribution in [3.63, 3.8) is 0 Å². The van der Waals surface area contributed by atoms with E-state index in [1.807, 2.05) is 26.2 Å². The van der Waals surface area contributed by atoms with Crippen LogP contribution >= 0.6 is 35.1 Å². The van der Waals surface area contributed by atoms with Crippen LogP contribution in [0.2, 0.25) is 0 Å². The predicted molar refractivity (Wildman–Crippen MR) is 95.3 cm³/mol. The van der Waals surface area contributed by atoms with Crippen LogP contribution in [0.3, 0.4) is 0 Å². The largest absolute Gasteiger partial charge is 0.350 e. The first-order valence-corrected chi connectivity index (χ1v) is 8.12. The maximum atomic E-state index is 12.1. The number of hydrogen-bond acceptors (Lipinski definition) is 4. The van der Waals surface area contributed by atoms with Crippen LogP contribution < -0.4 is 5.32 Å². The number of nitrogens with one attached hydrogen (secondary N) is 1. The van der Waals surface area contributed by atoms with E-state index in [0.717, 1.165) is 11.4 Å². The lowest BCUT2D eigenvalue weighted by Gasteiger charge is -2.09. The molecule has 112 valence electrons.